The first-order valence-electron chi connectivity index (χ1n) is 8.73. The normalized spacial score (nSPS) is 10.5. The Hall–Kier alpha value is -4.18. The van der Waals surface area contributed by atoms with E-state index in [0.29, 0.717) is 22.3 Å². The van der Waals surface area contributed by atoms with Gasteiger partial charge >= 0.3 is 5.97 Å². The van der Waals surface area contributed by atoms with Gasteiger partial charge in [0.1, 0.15) is 0 Å². The molecule has 0 atom stereocenters. The number of rotatable bonds is 4. The Labute approximate surface area is 166 Å². The number of benzene rings is 2. The van der Waals surface area contributed by atoms with Crippen molar-refractivity contribution in [3.05, 3.63) is 71.4 Å². The van der Waals surface area contributed by atoms with Crippen LogP contribution in [-0.4, -0.2) is 23.2 Å². The summed E-state index contributed by atoms with van der Waals surface area (Å²) >= 11 is 0. The van der Waals surface area contributed by atoms with Gasteiger partial charge in [0.2, 0.25) is 0 Å². The third-order valence-corrected chi connectivity index (χ3v) is 4.40. The third kappa shape index (κ3) is 3.39. The second kappa shape index (κ2) is 7.44. The number of nitriles is 1. The molecule has 7 heteroatoms. The summed E-state index contributed by atoms with van der Waals surface area (Å²) in [5.41, 5.74) is 2.85. The van der Waals surface area contributed by atoms with Gasteiger partial charge in [-0.3, -0.25) is 0 Å². The van der Waals surface area contributed by atoms with Gasteiger partial charge in [0.25, 0.3) is 5.71 Å². The molecule has 29 heavy (non-hydrogen) atoms. The third-order valence-electron chi connectivity index (χ3n) is 4.40. The van der Waals surface area contributed by atoms with E-state index in [0.717, 1.165) is 5.56 Å². The maximum Gasteiger partial charge on any atom is 0.344 e. The molecule has 0 aliphatic carbocycles. The summed E-state index contributed by atoms with van der Waals surface area (Å²) in [6.07, 6.45) is 0. The van der Waals surface area contributed by atoms with E-state index >= 15 is 0 Å². The van der Waals surface area contributed by atoms with Crippen molar-refractivity contribution in [2.24, 2.45) is 0 Å². The summed E-state index contributed by atoms with van der Waals surface area (Å²) in [7, 11) is 1.44. The lowest BCUT2D eigenvalue weighted by Gasteiger charge is -2.10. The van der Waals surface area contributed by atoms with Gasteiger partial charge in [0.05, 0.1) is 41.1 Å². The predicted molar refractivity (Wildman–Crippen MR) is 105 cm³/mol. The van der Waals surface area contributed by atoms with Crippen LogP contribution >= 0.6 is 0 Å². The standard InChI is InChI=1S/C22H15N3O4/c1-13-20-16(22(26)28-18-9-8-14(12-23)10-19(18)27-2)11-17(24-21(20)29-25-13)15-6-4-3-5-7-15/h3-11H,1-2H3. The van der Waals surface area contributed by atoms with Crippen molar-refractivity contribution < 1.29 is 18.8 Å². The fraction of sp³-hybridized carbons (Fsp3) is 0.0909. The Balaban J connectivity index is 1.80. The van der Waals surface area contributed by atoms with Crippen LogP contribution in [0.5, 0.6) is 11.5 Å². The van der Waals surface area contributed by atoms with Crippen LogP contribution in [0.3, 0.4) is 0 Å². The predicted octanol–water partition coefficient (Wildman–Crippen LogP) is 4.30. The van der Waals surface area contributed by atoms with Gasteiger partial charge in [-0.1, -0.05) is 35.5 Å². The maximum absolute atomic E-state index is 13.0. The average molecular weight is 385 g/mol. The minimum atomic E-state index is -0.608. The van der Waals surface area contributed by atoms with Crippen LogP contribution in [0.4, 0.5) is 0 Å². The molecule has 0 radical (unpaired) electrons. The fourth-order valence-electron chi connectivity index (χ4n) is 2.99. The zero-order valence-corrected chi connectivity index (χ0v) is 15.7. The number of aromatic nitrogens is 2. The van der Waals surface area contributed by atoms with E-state index in [2.05, 4.69) is 10.1 Å². The van der Waals surface area contributed by atoms with Gasteiger partial charge in [-0.15, -0.1) is 0 Å². The molecule has 2 aromatic heterocycles. The number of hydrogen-bond donors (Lipinski definition) is 0. The van der Waals surface area contributed by atoms with E-state index < -0.39 is 5.97 Å². The maximum atomic E-state index is 13.0. The molecule has 0 saturated carbocycles. The van der Waals surface area contributed by atoms with Crippen molar-refractivity contribution in [3.63, 3.8) is 0 Å². The molecular formula is C22H15N3O4. The largest absolute Gasteiger partial charge is 0.493 e. The van der Waals surface area contributed by atoms with Crippen LogP contribution in [0, 0.1) is 18.3 Å². The Bertz CT molecular complexity index is 1260. The zero-order chi connectivity index (χ0) is 20.4. The quantitative estimate of drug-likeness (QED) is 0.381. The van der Waals surface area contributed by atoms with Crippen LogP contribution in [0.2, 0.25) is 0 Å². The lowest BCUT2D eigenvalue weighted by atomic mass is 10.1. The van der Waals surface area contributed by atoms with E-state index in [9.17, 15) is 4.79 Å². The van der Waals surface area contributed by atoms with Crippen molar-refractivity contribution in [1.29, 1.82) is 5.26 Å². The molecule has 142 valence electrons. The summed E-state index contributed by atoms with van der Waals surface area (Å²) in [4.78, 5) is 17.5. The average Bonchev–Trinajstić information content (AvgIpc) is 3.14. The minimum absolute atomic E-state index is 0.205. The highest BCUT2D eigenvalue weighted by atomic mass is 16.6. The number of carbonyl (C=O) groups excluding carboxylic acids is 1. The number of aryl methyl sites for hydroxylation is 1. The highest BCUT2D eigenvalue weighted by molar-refractivity contribution is 6.05. The Kier molecular flexibility index (Phi) is 4.67. The molecule has 4 rings (SSSR count). The molecule has 0 aliphatic heterocycles. The van der Waals surface area contributed by atoms with Crippen LogP contribution in [0.1, 0.15) is 21.6 Å². The summed E-state index contributed by atoms with van der Waals surface area (Å²) in [5, 5.41) is 13.5. The molecule has 0 aliphatic rings. The van der Waals surface area contributed by atoms with E-state index in [1.807, 2.05) is 36.4 Å². The van der Waals surface area contributed by atoms with E-state index in [1.165, 1.54) is 19.2 Å². The second-order valence-electron chi connectivity index (χ2n) is 6.24. The van der Waals surface area contributed by atoms with Gasteiger partial charge in [-0.05, 0) is 25.1 Å². The minimum Gasteiger partial charge on any atom is -0.493 e. The van der Waals surface area contributed by atoms with Gasteiger partial charge in [-0.2, -0.15) is 5.26 Å². The first-order valence-corrected chi connectivity index (χ1v) is 8.73. The molecule has 0 amide bonds. The molecule has 7 nitrogen and oxygen atoms in total. The first-order chi connectivity index (χ1) is 14.1. The van der Waals surface area contributed by atoms with E-state index in [1.54, 1.807) is 19.1 Å². The van der Waals surface area contributed by atoms with Crippen molar-refractivity contribution in [2.45, 2.75) is 6.92 Å². The molecule has 4 aromatic rings. The number of nitrogens with zero attached hydrogens (tertiary/aromatic N) is 3. The van der Waals surface area contributed by atoms with Crippen molar-refractivity contribution in [3.8, 4) is 28.8 Å². The fourth-order valence-corrected chi connectivity index (χ4v) is 2.99. The van der Waals surface area contributed by atoms with Crippen LogP contribution in [-0.2, 0) is 0 Å². The smallest absolute Gasteiger partial charge is 0.344 e. The van der Waals surface area contributed by atoms with Crippen LogP contribution in [0.15, 0.2) is 59.1 Å². The molecule has 0 saturated heterocycles. The summed E-state index contributed by atoms with van der Waals surface area (Å²) in [5.74, 6) is -0.117. The highest BCUT2D eigenvalue weighted by Crippen LogP contribution is 2.31. The summed E-state index contributed by atoms with van der Waals surface area (Å²) in [6.45, 7) is 1.73. The molecular weight excluding hydrogens is 370 g/mol. The molecule has 0 N–H and O–H groups in total. The summed E-state index contributed by atoms with van der Waals surface area (Å²) < 4.78 is 16.1. The molecule has 0 unspecified atom stereocenters. The Morgan fingerprint density at radius 3 is 2.62 bits per heavy atom. The summed E-state index contributed by atoms with van der Waals surface area (Å²) in [6, 6.07) is 17.7. The molecule has 2 aromatic carbocycles. The highest BCUT2D eigenvalue weighted by Gasteiger charge is 2.22. The Morgan fingerprint density at radius 1 is 1.10 bits per heavy atom. The lowest BCUT2D eigenvalue weighted by molar-refractivity contribution is 0.0731. The van der Waals surface area contributed by atoms with Gasteiger partial charge < -0.3 is 14.0 Å². The number of carbonyl (C=O) groups is 1. The monoisotopic (exact) mass is 385 g/mol. The molecule has 0 spiro atoms. The number of methoxy groups -OCH3 is 1. The first kappa shape index (κ1) is 18.2. The van der Waals surface area contributed by atoms with Gasteiger partial charge in [0, 0.05) is 11.6 Å². The molecule has 0 fully saturated rings. The molecule has 0 bridgehead atoms. The number of ether oxygens (including phenoxy) is 2. The number of pyridine rings is 1. The Morgan fingerprint density at radius 2 is 1.90 bits per heavy atom. The van der Waals surface area contributed by atoms with Crippen molar-refractivity contribution in [1.82, 2.24) is 10.1 Å². The van der Waals surface area contributed by atoms with Crippen LogP contribution in [0.25, 0.3) is 22.4 Å². The number of hydrogen-bond acceptors (Lipinski definition) is 7. The molecule has 2 heterocycles. The van der Waals surface area contributed by atoms with Crippen molar-refractivity contribution >= 4 is 17.1 Å². The second-order valence-corrected chi connectivity index (χ2v) is 6.24. The van der Waals surface area contributed by atoms with Gasteiger partial charge in [0.15, 0.2) is 11.5 Å². The SMILES string of the molecule is COc1cc(C#N)ccc1OC(=O)c1cc(-c2ccccc2)nc2onc(C)c12. The number of fused-ring (bicyclic) bond motifs is 1. The van der Waals surface area contributed by atoms with E-state index in [-0.39, 0.29) is 22.8 Å². The zero-order valence-electron chi connectivity index (χ0n) is 15.7. The van der Waals surface area contributed by atoms with Crippen molar-refractivity contribution in [2.75, 3.05) is 7.11 Å². The topological polar surface area (TPSA) is 98.2 Å². The van der Waals surface area contributed by atoms with Crippen LogP contribution < -0.4 is 9.47 Å². The van der Waals surface area contributed by atoms with E-state index in [4.69, 9.17) is 19.3 Å². The lowest BCUT2D eigenvalue weighted by Crippen LogP contribution is -2.11. The van der Waals surface area contributed by atoms with Gasteiger partial charge in [-0.25, -0.2) is 9.78 Å². The number of esters is 1.